The first-order valence-corrected chi connectivity index (χ1v) is 9.33. The van der Waals surface area contributed by atoms with Crippen molar-refractivity contribution in [1.29, 1.82) is 0 Å². The van der Waals surface area contributed by atoms with Crippen LogP contribution in [0.4, 0.5) is 0 Å². The zero-order chi connectivity index (χ0) is 16.4. The van der Waals surface area contributed by atoms with E-state index in [9.17, 15) is 0 Å². The summed E-state index contributed by atoms with van der Waals surface area (Å²) in [6.45, 7) is 2.85. The van der Waals surface area contributed by atoms with Crippen LogP contribution >= 0.6 is 34.2 Å². The molecule has 4 heteroatoms. The van der Waals surface area contributed by atoms with Gasteiger partial charge in [-0.05, 0) is 90.2 Å². The minimum atomic E-state index is 0.730. The second-order valence-electron chi connectivity index (χ2n) is 5.85. The third-order valence-corrected chi connectivity index (χ3v) is 5.26. The van der Waals surface area contributed by atoms with Crippen molar-refractivity contribution < 1.29 is 0 Å². The lowest BCUT2D eigenvalue weighted by Crippen LogP contribution is -1.99. The van der Waals surface area contributed by atoms with Crippen molar-refractivity contribution in [2.24, 2.45) is 5.73 Å². The van der Waals surface area contributed by atoms with Gasteiger partial charge in [0.2, 0.25) is 0 Å². The van der Waals surface area contributed by atoms with Crippen molar-refractivity contribution in [3.05, 3.63) is 56.1 Å². The second-order valence-corrected chi connectivity index (χ2v) is 7.50. The number of benzene rings is 2. The van der Waals surface area contributed by atoms with Gasteiger partial charge in [-0.15, -0.1) is 0 Å². The molecule has 3 rings (SSSR count). The summed E-state index contributed by atoms with van der Waals surface area (Å²) in [5.41, 5.74) is 11.7. The first-order chi connectivity index (χ1) is 11.1. The van der Waals surface area contributed by atoms with Gasteiger partial charge in [-0.2, -0.15) is 0 Å². The van der Waals surface area contributed by atoms with E-state index in [1.165, 1.54) is 26.0 Å². The van der Waals surface area contributed by atoms with Crippen molar-refractivity contribution in [3.63, 3.8) is 0 Å². The van der Waals surface area contributed by atoms with E-state index < -0.39 is 0 Å². The largest absolute Gasteiger partial charge is 0.354 e. The highest BCUT2D eigenvalue weighted by molar-refractivity contribution is 14.1. The number of aromatic nitrogens is 1. The Balaban J connectivity index is 2.19. The Hall–Kier alpha value is -1.04. The zero-order valence-electron chi connectivity index (χ0n) is 13.1. The van der Waals surface area contributed by atoms with Crippen LogP contribution in [0.2, 0.25) is 5.02 Å². The molecular formula is C19H20ClIN2. The van der Waals surface area contributed by atoms with Gasteiger partial charge in [0.1, 0.15) is 0 Å². The number of hydrogen-bond donors (Lipinski definition) is 2. The molecule has 0 saturated heterocycles. The van der Waals surface area contributed by atoms with Crippen LogP contribution in [0.1, 0.15) is 24.0 Å². The van der Waals surface area contributed by atoms with Crippen LogP contribution < -0.4 is 5.73 Å². The Labute approximate surface area is 155 Å². The summed E-state index contributed by atoms with van der Waals surface area (Å²) < 4.78 is 1.24. The molecule has 23 heavy (non-hydrogen) atoms. The SMILES string of the molecule is Cc1ccc(Cl)c2c(CCCCN)c(-c3ccc(I)cc3)[nH]c12. The number of unbranched alkanes of at least 4 members (excludes halogenated alkanes) is 1. The van der Waals surface area contributed by atoms with Crippen LogP contribution in [-0.4, -0.2) is 11.5 Å². The number of aromatic amines is 1. The summed E-state index contributed by atoms with van der Waals surface area (Å²) in [6, 6.07) is 12.7. The molecule has 0 saturated carbocycles. The number of fused-ring (bicyclic) bond motifs is 1. The highest BCUT2D eigenvalue weighted by Crippen LogP contribution is 2.37. The van der Waals surface area contributed by atoms with E-state index in [-0.39, 0.29) is 0 Å². The number of halogens is 2. The third-order valence-electron chi connectivity index (χ3n) is 4.23. The molecule has 0 aliphatic carbocycles. The molecule has 1 aromatic heterocycles. The molecule has 0 unspecified atom stereocenters. The molecule has 2 aromatic carbocycles. The molecule has 0 radical (unpaired) electrons. The van der Waals surface area contributed by atoms with Gasteiger partial charge in [-0.3, -0.25) is 0 Å². The van der Waals surface area contributed by atoms with Crippen LogP contribution in [-0.2, 0) is 6.42 Å². The van der Waals surface area contributed by atoms with Gasteiger partial charge in [0, 0.05) is 14.7 Å². The molecule has 3 aromatic rings. The maximum atomic E-state index is 6.53. The molecule has 0 atom stereocenters. The Morgan fingerprint density at radius 2 is 1.83 bits per heavy atom. The van der Waals surface area contributed by atoms with Crippen LogP contribution in [0.5, 0.6) is 0 Å². The molecule has 3 N–H and O–H groups in total. The van der Waals surface area contributed by atoms with E-state index in [1.807, 2.05) is 6.07 Å². The van der Waals surface area contributed by atoms with Crippen LogP contribution in [0.25, 0.3) is 22.2 Å². The minimum Gasteiger partial charge on any atom is -0.354 e. The molecule has 2 nitrogen and oxygen atoms in total. The summed E-state index contributed by atoms with van der Waals surface area (Å²) in [7, 11) is 0. The number of nitrogens with one attached hydrogen (secondary N) is 1. The monoisotopic (exact) mass is 438 g/mol. The Bertz CT molecular complexity index is 821. The van der Waals surface area contributed by atoms with E-state index in [0.29, 0.717) is 0 Å². The molecule has 1 heterocycles. The average molecular weight is 439 g/mol. The predicted octanol–water partition coefficient (Wildman–Crippen LogP) is 5.68. The van der Waals surface area contributed by atoms with Crippen LogP contribution in [0, 0.1) is 10.5 Å². The lowest BCUT2D eigenvalue weighted by molar-refractivity contribution is 0.748. The molecule has 0 spiro atoms. The summed E-state index contributed by atoms with van der Waals surface area (Å²) in [5.74, 6) is 0. The van der Waals surface area contributed by atoms with Gasteiger partial charge >= 0.3 is 0 Å². The molecular weight excluding hydrogens is 419 g/mol. The number of aryl methyl sites for hydroxylation is 2. The second kappa shape index (κ2) is 7.24. The van der Waals surface area contributed by atoms with Gasteiger partial charge in [0.25, 0.3) is 0 Å². The lowest BCUT2D eigenvalue weighted by Gasteiger charge is -2.06. The van der Waals surface area contributed by atoms with E-state index in [4.69, 9.17) is 17.3 Å². The Kier molecular flexibility index (Phi) is 5.29. The first-order valence-electron chi connectivity index (χ1n) is 7.87. The van der Waals surface area contributed by atoms with E-state index in [2.05, 4.69) is 64.8 Å². The summed E-state index contributed by atoms with van der Waals surface area (Å²) >= 11 is 8.86. The number of nitrogens with two attached hydrogens (primary N) is 1. The summed E-state index contributed by atoms with van der Waals surface area (Å²) in [4.78, 5) is 3.62. The average Bonchev–Trinajstić information content (AvgIpc) is 2.93. The van der Waals surface area contributed by atoms with Gasteiger partial charge < -0.3 is 10.7 Å². The highest BCUT2D eigenvalue weighted by Gasteiger charge is 2.16. The van der Waals surface area contributed by atoms with E-state index in [1.54, 1.807) is 0 Å². The van der Waals surface area contributed by atoms with Gasteiger partial charge in [0.05, 0.1) is 10.5 Å². The maximum absolute atomic E-state index is 6.53. The van der Waals surface area contributed by atoms with Gasteiger partial charge in [0.15, 0.2) is 0 Å². The standard InChI is InChI=1S/C19H20ClIN2/c1-12-5-10-16(20)17-15(4-2-3-11-22)19(23-18(12)17)13-6-8-14(21)9-7-13/h5-10,23H,2-4,11,22H2,1H3. The third kappa shape index (κ3) is 3.42. The summed E-state index contributed by atoms with van der Waals surface area (Å²) in [6.07, 6.45) is 3.09. The number of rotatable bonds is 5. The fourth-order valence-electron chi connectivity index (χ4n) is 3.02. The van der Waals surface area contributed by atoms with Crippen molar-refractivity contribution in [2.75, 3.05) is 6.54 Å². The van der Waals surface area contributed by atoms with Crippen molar-refractivity contribution in [1.82, 2.24) is 4.98 Å². The molecule has 0 amide bonds. The fourth-order valence-corrected chi connectivity index (χ4v) is 3.65. The topological polar surface area (TPSA) is 41.8 Å². The van der Waals surface area contributed by atoms with Crippen LogP contribution in [0.3, 0.4) is 0 Å². The van der Waals surface area contributed by atoms with Gasteiger partial charge in [-0.1, -0.05) is 29.8 Å². The number of H-pyrrole nitrogens is 1. The highest BCUT2D eigenvalue weighted by atomic mass is 127. The molecule has 0 aliphatic rings. The van der Waals surface area contributed by atoms with Crippen molar-refractivity contribution >= 4 is 45.1 Å². The van der Waals surface area contributed by atoms with Crippen LogP contribution in [0.15, 0.2) is 36.4 Å². The normalized spacial score (nSPS) is 11.3. The predicted molar refractivity (Wildman–Crippen MR) is 108 cm³/mol. The number of hydrogen-bond acceptors (Lipinski definition) is 1. The fraction of sp³-hybridized carbons (Fsp3) is 0.263. The minimum absolute atomic E-state index is 0.730. The molecule has 120 valence electrons. The molecule has 0 fully saturated rings. The van der Waals surface area contributed by atoms with E-state index >= 15 is 0 Å². The quantitative estimate of drug-likeness (QED) is 0.390. The lowest BCUT2D eigenvalue weighted by atomic mass is 9.99. The van der Waals surface area contributed by atoms with Crippen molar-refractivity contribution in [3.8, 4) is 11.3 Å². The summed E-state index contributed by atoms with van der Waals surface area (Å²) in [5, 5.41) is 1.98. The zero-order valence-corrected chi connectivity index (χ0v) is 16.0. The van der Waals surface area contributed by atoms with Crippen molar-refractivity contribution in [2.45, 2.75) is 26.2 Å². The van der Waals surface area contributed by atoms with E-state index in [0.717, 1.165) is 41.7 Å². The van der Waals surface area contributed by atoms with Gasteiger partial charge in [-0.25, -0.2) is 0 Å². The molecule has 0 bridgehead atoms. The Morgan fingerprint density at radius 1 is 1.09 bits per heavy atom. The molecule has 0 aliphatic heterocycles. The smallest absolute Gasteiger partial charge is 0.0506 e. The first kappa shape index (κ1) is 16.8. The maximum Gasteiger partial charge on any atom is 0.0506 e. The Morgan fingerprint density at radius 3 is 2.52 bits per heavy atom.